The molecular formula is C9H10CdO4. The van der Waals surface area contributed by atoms with Gasteiger partial charge in [-0.3, -0.25) is 9.59 Å². The standard InChI is InChI=1S/C9H10O4.Cd/c10-8(11)6-4-1-2-5(3-4)7(6)9(12)13;/h1-2,4-7H,3H2,(H,10,11)(H,12,13);. The molecule has 0 aromatic rings. The van der Waals surface area contributed by atoms with Crippen LogP contribution in [-0.4, -0.2) is 22.2 Å². The SMILES string of the molecule is O=C(O)C1C2C=CC(C2)C1C(=O)O.[Cd]. The van der Waals surface area contributed by atoms with Crippen LogP contribution in [0.2, 0.25) is 0 Å². The number of fused-ring (bicyclic) bond motifs is 2. The Labute approximate surface area is 101 Å². The molecule has 4 unspecified atom stereocenters. The zero-order valence-corrected chi connectivity index (χ0v) is 11.6. The van der Waals surface area contributed by atoms with Crippen molar-refractivity contribution < 1.29 is 47.1 Å². The zero-order chi connectivity index (χ0) is 9.59. The summed E-state index contributed by atoms with van der Waals surface area (Å²) < 4.78 is 0. The van der Waals surface area contributed by atoms with Gasteiger partial charge in [-0.1, -0.05) is 12.2 Å². The Morgan fingerprint density at radius 3 is 1.64 bits per heavy atom. The summed E-state index contributed by atoms with van der Waals surface area (Å²) in [7, 11) is 0. The Morgan fingerprint density at radius 2 is 1.36 bits per heavy atom. The molecule has 2 aliphatic carbocycles. The molecule has 72 valence electrons. The normalized spacial score (nSPS) is 38.0. The first kappa shape index (κ1) is 11.7. The van der Waals surface area contributed by atoms with Crippen LogP contribution in [0, 0.1) is 23.7 Å². The van der Waals surface area contributed by atoms with Gasteiger partial charge in [0.25, 0.3) is 0 Å². The van der Waals surface area contributed by atoms with Crippen molar-refractivity contribution in [3.05, 3.63) is 12.2 Å². The van der Waals surface area contributed by atoms with Crippen LogP contribution in [0.15, 0.2) is 12.2 Å². The van der Waals surface area contributed by atoms with Crippen molar-refractivity contribution in [3.63, 3.8) is 0 Å². The smallest absolute Gasteiger partial charge is 0.307 e. The fraction of sp³-hybridized carbons (Fsp3) is 0.556. The van der Waals surface area contributed by atoms with Gasteiger partial charge in [0, 0.05) is 27.3 Å². The van der Waals surface area contributed by atoms with Gasteiger partial charge in [-0.15, -0.1) is 0 Å². The molecule has 0 spiro atoms. The first-order valence-corrected chi connectivity index (χ1v) is 4.25. The van der Waals surface area contributed by atoms with Crippen molar-refractivity contribution in [1.29, 1.82) is 0 Å². The molecule has 2 rings (SSSR count). The third-order valence-corrected chi connectivity index (χ3v) is 3.03. The van der Waals surface area contributed by atoms with Gasteiger partial charge in [-0.05, 0) is 18.3 Å². The molecule has 0 amide bonds. The molecule has 0 heterocycles. The van der Waals surface area contributed by atoms with Crippen LogP contribution in [0.5, 0.6) is 0 Å². The first-order valence-electron chi connectivity index (χ1n) is 4.25. The minimum absolute atomic E-state index is 0. The average Bonchev–Trinajstić information content (AvgIpc) is 2.60. The Bertz CT molecular complexity index is 271. The molecule has 0 saturated heterocycles. The molecule has 1 fully saturated rings. The molecule has 0 aliphatic heterocycles. The number of carboxylic acid groups (broad SMARTS) is 2. The Kier molecular flexibility index (Phi) is 3.33. The van der Waals surface area contributed by atoms with Crippen LogP contribution in [-0.2, 0) is 36.9 Å². The van der Waals surface area contributed by atoms with Crippen LogP contribution in [0.25, 0.3) is 0 Å². The van der Waals surface area contributed by atoms with E-state index in [1.165, 1.54) is 0 Å². The Balaban J connectivity index is 0.000000980. The molecule has 1 saturated carbocycles. The number of carbonyl (C=O) groups is 2. The predicted octanol–water partition coefficient (Wildman–Crippen LogP) is 0.591. The van der Waals surface area contributed by atoms with Gasteiger partial charge in [0.05, 0.1) is 11.8 Å². The summed E-state index contributed by atoms with van der Waals surface area (Å²) in [5.74, 6) is -3.53. The second-order valence-corrected chi connectivity index (χ2v) is 3.68. The monoisotopic (exact) mass is 296 g/mol. The van der Waals surface area contributed by atoms with Crippen LogP contribution >= 0.6 is 0 Å². The van der Waals surface area contributed by atoms with E-state index in [2.05, 4.69) is 0 Å². The van der Waals surface area contributed by atoms with Crippen molar-refractivity contribution in [2.45, 2.75) is 6.42 Å². The van der Waals surface area contributed by atoms with Gasteiger partial charge >= 0.3 is 11.9 Å². The Morgan fingerprint density at radius 1 is 1.00 bits per heavy atom. The van der Waals surface area contributed by atoms with Crippen LogP contribution in [0.1, 0.15) is 6.42 Å². The molecule has 0 aromatic heterocycles. The third kappa shape index (κ3) is 1.59. The summed E-state index contributed by atoms with van der Waals surface area (Å²) >= 11 is 0. The van der Waals surface area contributed by atoms with Crippen molar-refractivity contribution in [2.24, 2.45) is 23.7 Å². The van der Waals surface area contributed by atoms with E-state index in [-0.39, 0.29) is 39.1 Å². The first-order chi connectivity index (χ1) is 6.11. The minimum atomic E-state index is -0.982. The largest absolute Gasteiger partial charge is 0.481 e. The van der Waals surface area contributed by atoms with Gasteiger partial charge in [-0.25, -0.2) is 0 Å². The number of allylic oxidation sites excluding steroid dienone is 2. The summed E-state index contributed by atoms with van der Waals surface area (Å²) in [6, 6.07) is 0. The second-order valence-electron chi connectivity index (χ2n) is 3.68. The summed E-state index contributed by atoms with van der Waals surface area (Å²) in [6.07, 6.45) is 4.36. The molecule has 4 atom stereocenters. The average molecular weight is 295 g/mol. The van der Waals surface area contributed by atoms with Crippen molar-refractivity contribution >= 4 is 11.9 Å². The van der Waals surface area contributed by atoms with Crippen molar-refractivity contribution in [2.75, 3.05) is 0 Å². The summed E-state index contributed by atoms with van der Waals surface area (Å²) in [4.78, 5) is 21.6. The van der Waals surface area contributed by atoms with E-state index in [0.717, 1.165) is 0 Å². The van der Waals surface area contributed by atoms with Crippen molar-refractivity contribution in [1.82, 2.24) is 0 Å². The Hall–Kier alpha value is -0.398. The molecule has 5 heteroatoms. The summed E-state index contributed by atoms with van der Waals surface area (Å²) in [5, 5.41) is 17.7. The number of hydrogen-bond acceptors (Lipinski definition) is 2. The topological polar surface area (TPSA) is 74.6 Å². The number of carboxylic acids is 2. The maximum atomic E-state index is 10.8. The quantitative estimate of drug-likeness (QED) is 0.577. The van der Waals surface area contributed by atoms with E-state index in [1.54, 1.807) is 0 Å². The van der Waals surface area contributed by atoms with E-state index in [4.69, 9.17) is 10.2 Å². The summed E-state index contributed by atoms with van der Waals surface area (Å²) in [6.45, 7) is 0. The predicted molar refractivity (Wildman–Crippen MR) is 43.0 cm³/mol. The van der Waals surface area contributed by atoms with E-state index in [9.17, 15) is 9.59 Å². The zero-order valence-electron chi connectivity index (χ0n) is 7.59. The number of aliphatic carboxylic acids is 2. The molecule has 2 aliphatic rings. The molecule has 2 N–H and O–H groups in total. The molecule has 0 radical (unpaired) electrons. The minimum Gasteiger partial charge on any atom is -0.481 e. The van der Waals surface area contributed by atoms with Gasteiger partial charge < -0.3 is 10.2 Å². The van der Waals surface area contributed by atoms with Gasteiger partial charge in [0.2, 0.25) is 0 Å². The van der Waals surface area contributed by atoms with E-state index < -0.39 is 23.8 Å². The van der Waals surface area contributed by atoms with E-state index >= 15 is 0 Å². The van der Waals surface area contributed by atoms with Crippen molar-refractivity contribution in [3.8, 4) is 0 Å². The van der Waals surface area contributed by atoms with E-state index in [1.807, 2.05) is 12.2 Å². The molecule has 4 nitrogen and oxygen atoms in total. The maximum Gasteiger partial charge on any atom is 0.307 e. The molecule has 2 bridgehead atoms. The molecular weight excluding hydrogens is 285 g/mol. The number of rotatable bonds is 2. The fourth-order valence-corrected chi connectivity index (χ4v) is 2.50. The number of hydrogen-bond donors (Lipinski definition) is 2. The van der Waals surface area contributed by atoms with Crippen LogP contribution < -0.4 is 0 Å². The molecule has 0 aromatic carbocycles. The fourth-order valence-electron chi connectivity index (χ4n) is 2.50. The molecule has 14 heavy (non-hydrogen) atoms. The summed E-state index contributed by atoms with van der Waals surface area (Å²) in [5.41, 5.74) is 0. The second kappa shape index (κ2) is 4.00. The van der Waals surface area contributed by atoms with Gasteiger partial charge in [-0.2, -0.15) is 0 Å². The van der Waals surface area contributed by atoms with Gasteiger partial charge in [0.15, 0.2) is 0 Å². The van der Waals surface area contributed by atoms with E-state index in [0.29, 0.717) is 6.42 Å². The third-order valence-electron chi connectivity index (χ3n) is 3.03. The van der Waals surface area contributed by atoms with Crippen LogP contribution in [0.4, 0.5) is 0 Å². The van der Waals surface area contributed by atoms with Gasteiger partial charge in [0.1, 0.15) is 0 Å². The van der Waals surface area contributed by atoms with Crippen LogP contribution in [0.3, 0.4) is 0 Å². The maximum absolute atomic E-state index is 10.8.